The lowest BCUT2D eigenvalue weighted by molar-refractivity contribution is 0.0499. The van der Waals surface area contributed by atoms with Crippen LogP contribution in [0.1, 0.15) is 11.7 Å². The molecule has 0 spiro atoms. The lowest BCUT2D eigenvalue weighted by atomic mass is 10.1. The Morgan fingerprint density at radius 1 is 1.42 bits per heavy atom. The van der Waals surface area contributed by atoms with Crippen molar-refractivity contribution in [3.8, 4) is 0 Å². The predicted molar refractivity (Wildman–Crippen MR) is 46.4 cm³/mol. The molecule has 2 N–H and O–H groups in total. The summed E-state index contributed by atoms with van der Waals surface area (Å²) in [4.78, 5) is 4.62. The lowest BCUT2D eigenvalue weighted by Crippen LogP contribution is -2.19. The largest absolute Gasteiger partial charge is 0.387 e. The van der Waals surface area contributed by atoms with Crippen molar-refractivity contribution >= 4 is 0 Å². The Labute approximate surface area is 71.9 Å². The highest BCUT2D eigenvalue weighted by Gasteiger charge is 2.04. The predicted octanol–water partition coefficient (Wildman–Crippen LogP) is 0.871. The summed E-state index contributed by atoms with van der Waals surface area (Å²) in [5.74, 6) is 0. The van der Waals surface area contributed by atoms with Crippen LogP contribution in [0.5, 0.6) is 0 Å². The van der Waals surface area contributed by atoms with Gasteiger partial charge in [-0.05, 0) is 5.56 Å². The van der Waals surface area contributed by atoms with E-state index in [0.717, 1.165) is 5.56 Å². The Morgan fingerprint density at radius 2 is 2.08 bits per heavy atom. The van der Waals surface area contributed by atoms with Crippen LogP contribution in [0.15, 0.2) is 30.3 Å². The summed E-state index contributed by atoms with van der Waals surface area (Å²) in [6.07, 6.45) is -0.508. The summed E-state index contributed by atoms with van der Waals surface area (Å²) in [6, 6.07) is 9.46. The van der Waals surface area contributed by atoms with Gasteiger partial charge < -0.3 is 9.94 Å². The summed E-state index contributed by atoms with van der Waals surface area (Å²) in [7, 11) is 1.53. The summed E-state index contributed by atoms with van der Waals surface area (Å²) in [5.41, 5.74) is 3.49. The number of hydroxylamine groups is 1. The van der Waals surface area contributed by atoms with Crippen LogP contribution in [-0.2, 0) is 4.84 Å². The van der Waals surface area contributed by atoms with Crippen molar-refractivity contribution in [1.29, 1.82) is 0 Å². The molecule has 1 rings (SSSR count). The fourth-order valence-electron chi connectivity index (χ4n) is 0.955. The quantitative estimate of drug-likeness (QED) is 0.654. The van der Waals surface area contributed by atoms with Gasteiger partial charge >= 0.3 is 0 Å². The SMILES string of the molecule is CONC[C@H](O)c1ccccc1. The monoisotopic (exact) mass is 167 g/mol. The molecule has 1 atom stereocenters. The molecule has 3 heteroatoms. The van der Waals surface area contributed by atoms with E-state index in [1.54, 1.807) is 0 Å². The van der Waals surface area contributed by atoms with E-state index in [1.165, 1.54) is 7.11 Å². The molecule has 66 valence electrons. The first-order valence-corrected chi connectivity index (χ1v) is 3.83. The number of aliphatic hydroxyl groups is 1. The van der Waals surface area contributed by atoms with E-state index in [-0.39, 0.29) is 0 Å². The molecule has 0 aromatic heterocycles. The van der Waals surface area contributed by atoms with E-state index in [2.05, 4.69) is 10.3 Å². The van der Waals surface area contributed by atoms with Gasteiger partial charge in [0.2, 0.25) is 0 Å². The third kappa shape index (κ3) is 2.62. The Morgan fingerprint density at radius 3 is 2.67 bits per heavy atom. The Bertz CT molecular complexity index is 213. The van der Waals surface area contributed by atoms with Crippen molar-refractivity contribution in [2.75, 3.05) is 13.7 Å². The molecule has 0 saturated carbocycles. The van der Waals surface area contributed by atoms with Crippen LogP contribution < -0.4 is 5.48 Å². The van der Waals surface area contributed by atoms with Gasteiger partial charge in [-0.2, -0.15) is 5.48 Å². The molecule has 1 aromatic rings. The number of nitrogens with one attached hydrogen (secondary N) is 1. The van der Waals surface area contributed by atoms with Gasteiger partial charge in [0.25, 0.3) is 0 Å². The van der Waals surface area contributed by atoms with Gasteiger partial charge in [0, 0.05) is 0 Å². The molecule has 0 radical (unpaired) electrons. The molecule has 3 nitrogen and oxygen atoms in total. The maximum atomic E-state index is 9.51. The molecule has 0 fully saturated rings. The van der Waals surface area contributed by atoms with Gasteiger partial charge in [0.15, 0.2) is 0 Å². The minimum absolute atomic E-state index is 0.403. The standard InChI is InChI=1S/C9H13NO2/c1-12-10-7-9(11)8-5-3-2-4-6-8/h2-6,9-11H,7H2,1H3/t9-/m0/s1. The molecular formula is C9H13NO2. The first-order valence-electron chi connectivity index (χ1n) is 3.83. The van der Waals surface area contributed by atoms with Crippen LogP contribution in [0.25, 0.3) is 0 Å². The Hall–Kier alpha value is -0.900. The first-order chi connectivity index (χ1) is 5.84. The number of hydrogen-bond donors (Lipinski definition) is 2. The van der Waals surface area contributed by atoms with Gasteiger partial charge in [-0.1, -0.05) is 30.3 Å². The van der Waals surface area contributed by atoms with Crippen LogP contribution in [0.2, 0.25) is 0 Å². The van der Waals surface area contributed by atoms with Crippen molar-refractivity contribution < 1.29 is 9.94 Å². The van der Waals surface area contributed by atoms with Crippen molar-refractivity contribution in [3.05, 3.63) is 35.9 Å². The van der Waals surface area contributed by atoms with Crippen molar-refractivity contribution in [2.24, 2.45) is 0 Å². The maximum Gasteiger partial charge on any atom is 0.0937 e. The minimum Gasteiger partial charge on any atom is -0.387 e. The van der Waals surface area contributed by atoms with Gasteiger partial charge in [0.05, 0.1) is 19.8 Å². The summed E-state index contributed by atoms with van der Waals surface area (Å²) >= 11 is 0. The topological polar surface area (TPSA) is 41.5 Å². The molecule has 0 amide bonds. The van der Waals surface area contributed by atoms with E-state index in [0.29, 0.717) is 6.54 Å². The fraction of sp³-hybridized carbons (Fsp3) is 0.333. The second-order valence-corrected chi connectivity index (χ2v) is 2.48. The number of aliphatic hydroxyl groups excluding tert-OH is 1. The third-order valence-electron chi connectivity index (χ3n) is 1.61. The van der Waals surface area contributed by atoms with Crippen LogP contribution in [-0.4, -0.2) is 18.8 Å². The second kappa shape index (κ2) is 4.87. The Balaban J connectivity index is 2.48. The summed E-state index contributed by atoms with van der Waals surface area (Å²) < 4.78 is 0. The van der Waals surface area contributed by atoms with E-state index in [1.807, 2.05) is 30.3 Å². The van der Waals surface area contributed by atoms with Crippen LogP contribution >= 0.6 is 0 Å². The van der Waals surface area contributed by atoms with Crippen molar-refractivity contribution in [2.45, 2.75) is 6.10 Å². The normalized spacial score (nSPS) is 12.8. The van der Waals surface area contributed by atoms with Crippen LogP contribution in [0.3, 0.4) is 0 Å². The zero-order valence-electron chi connectivity index (χ0n) is 7.03. The van der Waals surface area contributed by atoms with Crippen molar-refractivity contribution in [3.63, 3.8) is 0 Å². The average molecular weight is 167 g/mol. The van der Waals surface area contributed by atoms with Gasteiger partial charge in [-0.25, -0.2) is 0 Å². The van der Waals surface area contributed by atoms with E-state index >= 15 is 0 Å². The highest BCUT2D eigenvalue weighted by molar-refractivity contribution is 5.17. The second-order valence-electron chi connectivity index (χ2n) is 2.48. The molecule has 0 bridgehead atoms. The summed E-state index contributed by atoms with van der Waals surface area (Å²) in [6.45, 7) is 0.403. The minimum atomic E-state index is -0.508. The molecule has 0 aliphatic rings. The first kappa shape index (κ1) is 9.19. The highest BCUT2D eigenvalue weighted by Crippen LogP contribution is 2.09. The lowest BCUT2D eigenvalue weighted by Gasteiger charge is -2.10. The molecule has 0 unspecified atom stereocenters. The van der Waals surface area contributed by atoms with Crippen LogP contribution in [0, 0.1) is 0 Å². The number of benzene rings is 1. The molecule has 0 heterocycles. The van der Waals surface area contributed by atoms with Gasteiger partial charge in [-0.3, -0.25) is 0 Å². The number of hydrogen-bond acceptors (Lipinski definition) is 3. The van der Waals surface area contributed by atoms with Crippen LogP contribution in [0.4, 0.5) is 0 Å². The molecule has 12 heavy (non-hydrogen) atoms. The highest BCUT2D eigenvalue weighted by atomic mass is 16.6. The average Bonchev–Trinajstić information content (AvgIpc) is 2.15. The summed E-state index contributed by atoms with van der Waals surface area (Å²) in [5, 5.41) is 9.51. The molecule has 1 aromatic carbocycles. The smallest absolute Gasteiger partial charge is 0.0937 e. The van der Waals surface area contributed by atoms with E-state index < -0.39 is 6.10 Å². The molecular weight excluding hydrogens is 154 g/mol. The van der Waals surface area contributed by atoms with Gasteiger partial charge in [0.1, 0.15) is 0 Å². The fourth-order valence-corrected chi connectivity index (χ4v) is 0.955. The number of rotatable bonds is 4. The zero-order chi connectivity index (χ0) is 8.81. The molecule has 0 aliphatic carbocycles. The van der Waals surface area contributed by atoms with Gasteiger partial charge in [-0.15, -0.1) is 0 Å². The Kier molecular flexibility index (Phi) is 3.73. The van der Waals surface area contributed by atoms with Crippen molar-refractivity contribution in [1.82, 2.24) is 5.48 Å². The third-order valence-corrected chi connectivity index (χ3v) is 1.61. The van der Waals surface area contributed by atoms with E-state index in [9.17, 15) is 5.11 Å². The molecule has 0 saturated heterocycles. The zero-order valence-corrected chi connectivity index (χ0v) is 7.03. The molecule has 0 aliphatic heterocycles. The maximum absolute atomic E-state index is 9.51. The van der Waals surface area contributed by atoms with E-state index in [4.69, 9.17) is 0 Å².